The quantitative estimate of drug-likeness (QED) is 0.814. The van der Waals surface area contributed by atoms with Gasteiger partial charge in [-0.15, -0.1) is 0 Å². The average Bonchev–Trinajstić information content (AvgIpc) is 2.32. The van der Waals surface area contributed by atoms with Gasteiger partial charge in [0.05, 0.1) is 6.54 Å². The summed E-state index contributed by atoms with van der Waals surface area (Å²) < 4.78 is 37.2. The van der Waals surface area contributed by atoms with Crippen LogP contribution in [0.4, 0.5) is 13.2 Å². The van der Waals surface area contributed by atoms with Gasteiger partial charge < -0.3 is 5.32 Å². The number of nitrogens with zero attached hydrogens (tertiary/aromatic N) is 2. The highest BCUT2D eigenvalue weighted by Gasteiger charge is 2.33. The zero-order valence-electron chi connectivity index (χ0n) is 13.8. The normalized spacial score (nSPS) is 20.7. The molecule has 0 aliphatic carbocycles. The van der Waals surface area contributed by atoms with Gasteiger partial charge in [-0.25, -0.2) is 0 Å². The van der Waals surface area contributed by atoms with E-state index in [-0.39, 0.29) is 5.54 Å². The van der Waals surface area contributed by atoms with E-state index in [2.05, 4.69) is 37.9 Å². The Balaban J connectivity index is 2.44. The van der Waals surface area contributed by atoms with E-state index in [1.165, 1.54) is 4.90 Å². The van der Waals surface area contributed by atoms with Gasteiger partial charge >= 0.3 is 6.18 Å². The van der Waals surface area contributed by atoms with Crippen LogP contribution in [-0.2, 0) is 0 Å². The number of halogens is 3. The Hall–Kier alpha value is -0.330. The fourth-order valence-electron chi connectivity index (χ4n) is 2.71. The van der Waals surface area contributed by atoms with E-state index < -0.39 is 12.7 Å². The number of hydrogen-bond acceptors (Lipinski definition) is 3. The topological polar surface area (TPSA) is 18.5 Å². The molecular weight excluding hydrogens is 279 g/mol. The van der Waals surface area contributed by atoms with Crippen molar-refractivity contribution in [2.45, 2.75) is 58.3 Å². The van der Waals surface area contributed by atoms with Crippen LogP contribution in [0.3, 0.4) is 0 Å². The van der Waals surface area contributed by atoms with Gasteiger partial charge in [-0.3, -0.25) is 9.80 Å². The third-order valence-corrected chi connectivity index (χ3v) is 3.82. The molecule has 0 bridgehead atoms. The van der Waals surface area contributed by atoms with E-state index in [0.717, 1.165) is 32.5 Å². The molecule has 126 valence electrons. The summed E-state index contributed by atoms with van der Waals surface area (Å²) in [4.78, 5) is 3.85. The molecule has 21 heavy (non-hydrogen) atoms. The minimum atomic E-state index is -4.08. The van der Waals surface area contributed by atoms with Crippen molar-refractivity contribution >= 4 is 0 Å². The summed E-state index contributed by atoms with van der Waals surface area (Å²) in [5.41, 5.74) is 0.0735. The van der Waals surface area contributed by atoms with Gasteiger partial charge in [-0.05, 0) is 27.2 Å². The van der Waals surface area contributed by atoms with Crippen molar-refractivity contribution in [3.8, 4) is 0 Å². The van der Waals surface area contributed by atoms with Crippen LogP contribution < -0.4 is 5.32 Å². The van der Waals surface area contributed by atoms with E-state index in [1.54, 1.807) is 0 Å². The summed E-state index contributed by atoms with van der Waals surface area (Å²) in [6.45, 7) is 11.2. The van der Waals surface area contributed by atoms with E-state index in [0.29, 0.717) is 19.1 Å². The van der Waals surface area contributed by atoms with Gasteiger partial charge in [0.2, 0.25) is 0 Å². The van der Waals surface area contributed by atoms with Crippen molar-refractivity contribution in [1.29, 1.82) is 0 Å². The van der Waals surface area contributed by atoms with Crippen LogP contribution in [0, 0.1) is 0 Å². The predicted octanol–water partition coefficient (Wildman–Crippen LogP) is 2.72. The Morgan fingerprint density at radius 3 is 2.05 bits per heavy atom. The molecule has 0 amide bonds. The Morgan fingerprint density at radius 1 is 1.05 bits per heavy atom. The van der Waals surface area contributed by atoms with Gasteiger partial charge in [-0.1, -0.05) is 13.3 Å². The zero-order valence-corrected chi connectivity index (χ0v) is 13.8. The lowest BCUT2D eigenvalue weighted by molar-refractivity contribution is -0.149. The maximum absolute atomic E-state index is 12.4. The molecule has 3 nitrogen and oxygen atoms in total. The van der Waals surface area contributed by atoms with E-state index >= 15 is 0 Å². The van der Waals surface area contributed by atoms with Crippen LogP contribution in [0.15, 0.2) is 0 Å². The molecule has 1 atom stereocenters. The highest BCUT2D eigenvalue weighted by Crippen LogP contribution is 2.19. The van der Waals surface area contributed by atoms with Crippen molar-refractivity contribution in [3.63, 3.8) is 0 Å². The summed E-state index contributed by atoms with van der Waals surface area (Å²) in [5, 5.41) is 3.52. The SMILES string of the molecule is CCCC(CNC(C)(C)C)N1CCN(CC(F)(F)F)CC1. The average molecular weight is 309 g/mol. The van der Waals surface area contributed by atoms with Gasteiger partial charge in [0.1, 0.15) is 0 Å². The summed E-state index contributed by atoms with van der Waals surface area (Å²) in [7, 11) is 0. The summed E-state index contributed by atoms with van der Waals surface area (Å²) in [6.07, 6.45) is -1.90. The lowest BCUT2D eigenvalue weighted by Crippen LogP contribution is -2.55. The molecule has 0 aromatic carbocycles. The van der Waals surface area contributed by atoms with Crippen LogP contribution in [0.5, 0.6) is 0 Å². The van der Waals surface area contributed by atoms with Crippen molar-refractivity contribution in [2.24, 2.45) is 0 Å². The number of nitrogens with one attached hydrogen (secondary N) is 1. The van der Waals surface area contributed by atoms with Crippen molar-refractivity contribution in [2.75, 3.05) is 39.3 Å². The van der Waals surface area contributed by atoms with Crippen LogP contribution in [0.25, 0.3) is 0 Å². The molecule has 1 aliphatic rings. The van der Waals surface area contributed by atoms with Gasteiger partial charge in [-0.2, -0.15) is 13.2 Å². The van der Waals surface area contributed by atoms with Crippen molar-refractivity contribution in [1.82, 2.24) is 15.1 Å². The Bertz CT molecular complexity index is 292. The molecule has 1 unspecified atom stereocenters. The third-order valence-electron chi connectivity index (χ3n) is 3.82. The highest BCUT2D eigenvalue weighted by molar-refractivity contribution is 4.83. The molecule has 1 rings (SSSR count). The van der Waals surface area contributed by atoms with Gasteiger partial charge in [0.15, 0.2) is 0 Å². The smallest absolute Gasteiger partial charge is 0.311 e. The molecule has 1 N–H and O–H groups in total. The Labute approximate surface area is 126 Å². The second-order valence-electron chi connectivity index (χ2n) is 7.00. The first-order valence-corrected chi connectivity index (χ1v) is 7.89. The summed E-state index contributed by atoms with van der Waals surface area (Å²) in [6, 6.07) is 0.419. The first kappa shape index (κ1) is 18.7. The minimum absolute atomic E-state index is 0.0735. The highest BCUT2D eigenvalue weighted by atomic mass is 19.4. The molecular formula is C15H30F3N3. The van der Waals surface area contributed by atoms with Crippen LogP contribution in [0.2, 0.25) is 0 Å². The summed E-state index contributed by atoms with van der Waals surface area (Å²) in [5.74, 6) is 0. The maximum Gasteiger partial charge on any atom is 0.401 e. The third kappa shape index (κ3) is 8.02. The monoisotopic (exact) mass is 309 g/mol. The van der Waals surface area contributed by atoms with E-state index in [1.807, 2.05) is 0 Å². The largest absolute Gasteiger partial charge is 0.401 e. The molecule has 0 saturated carbocycles. The van der Waals surface area contributed by atoms with Gasteiger partial charge in [0.25, 0.3) is 0 Å². The molecule has 0 aromatic rings. The first-order chi connectivity index (χ1) is 9.61. The molecule has 0 spiro atoms. The molecule has 0 radical (unpaired) electrons. The lowest BCUT2D eigenvalue weighted by Gasteiger charge is -2.40. The van der Waals surface area contributed by atoms with E-state index in [9.17, 15) is 13.2 Å². The molecule has 1 fully saturated rings. The first-order valence-electron chi connectivity index (χ1n) is 7.89. The van der Waals surface area contributed by atoms with Crippen molar-refractivity contribution < 1.29 is 13.2 Å². The van der Waals surface area contributed by atoms with Crippen LogP contribution in [-0.4, -0.2) is 66.8 Å². The summed E-state index contributed by atoms with van der Waals surface area (Å²) >= 11 is 0. The number of piperazine rings is 1. The van der Waals surface area contributed by atoms with E-state index in [4.69, 9.17) is 0 Å². The number of hydrogen-bond donors (Lipinski definition) is 1. The van der Waals surface area contributed by atoms with Crippen molar-refractivity contribution in [3.05, 3.63) is 0 Å². The molecule has 1 heterocycles. The second kappa shape index (κ2) is 7.79. The molecule has 1 aliphatic heterocycles. The Morgan fingerprint density at radius 2 is 1.62 bits per heavy atom. The molecule has 6 heteroatoms. The number of alkyl halides is 3. The number of rotatable bonds is 6. The Kier molecular flexibility index (Phi) is 6.94. The zero-order chi connectivity index (χ0) is 16.1. The van der Waals surface area contributed by atoms with Gasteiger partial charge in [0, 0.05) is 44.3 Å². The molecule has 0 aromatic heterocycles. The maximum atomic E-state index is 12.4. The van der Waals surface area contributed by atoms with Crippen LogP contribution in [0.1, 0.15) is 40.5 Å². The minimum Gasteiger partial charge on any atom is -0.311 e. The second-order valence-corrected chi connectivity index (χ2v) is 7.00. The lowest BCUT2D eigenvalue weighted by atomic mass is 10.1. The standard InChI is InChI=1S/C15H30F3N3/c1-5-6-13(11-19-14(2,3)4)21-9-7-20(8-10-21)12-15(16,17)18/h13,19H,5-12H2,1-4H3. The molecule has 1 saturated heterocycles. The fraction of sp³-hybridized carbons (Fsp3) is 1.00. The predicted molar refractivity (Wildman–Crippen MR) is 80.5 cm³/mol. The van der Waals surface area contributed by atoms with Crippen LogP contribution >= 0.6 is 0 Å². The fourth-order valence-corrected chi connectivity index (χ4v) is 2.71.